The van der Waals surface area contributed by atoms with E-state index in [0.717, 1.165) is 24.6 Å². The average molecular weight is 465 g/mol. The van der Waals surface area contributed by atoms with Gasteiger partial charge in [0.05, 0.1) is 16.0 Å². The Bertz CT molecular complexity index is 911. The molecule has 1 heterocycles. The van der Waals surface area contributed by atoms with Gasteiger partial charge < -0.3 is 9.64 Å². The number of carbonyl (C=O) groups excluding carboxylic acids is 2. The average Bonchev–Trinajstić information content (AvgIpc) is 3.09. The fourth-order valence-corrected chi connectivity index (χ4v) is 4.41. The fraction of sp³-hybridized carbons (Fsp3) is 0.211. The maximum Gasteiger partial charge on any atom is 0.316 e. The second-order valence-electron chi connectivity index (χ2n) is 5.77. The number of nitrogens with zero attached hydrogens (tertiary/aromatic N) is 2. The van der Waals surface area contributed by atoms with E-state index >= 15 is 0 Å². The molecule has 0 N–H and O–H groups in total. The van der Waals surface area contributed by atoms with Crippen LogP contribution in [0.25, 0.3) is 10.2 Å². The van der Waals surface area contributed by atoms with Crippen LogP contribution in [0.1, 0.15) is 5.56 Å². The molecular formula is C19H17BrN2O3S2. The van der Waals surface area contributed by atoms with Crippen molar-refractivity contribution >= 4 is 61.1 Å². The number of thioether (sulfide) groups is 1. The number of halogens is 1. The van der Waals surface area contributed by atoms with E-state index in [9.17, 15) is 9.59 Å². The Kier molecular flexibility index (Phi) is 6.87. The molecule has 5 nitrogen and oxygen atoms in total. The van der Waals surface area contributed by atoms with E-state index in [-0.39, 0.29) is 18.3 Å². The van der Waals surface area contributed by atoms with Gasteiger partial charge in [0.2, 0.25) is 0 Å². The van der Waals surface area contributed by atoms with Crippen LogP contribution >= 0.6 is 39.0 Å². The van der Waals surface area contributed by atoms with Crippen LogP contribution in [0.15, 0.2) is 57.3 Å². The van der Waals surface area contributed by atoms with Gasteiger partial charge in [0.1, 0.15) is 0 Å². The monoisotopic (exact) mass is 464 g/mol. The Morgan fingerprint density at radius 3 is 2.67 bits per heavy atom. The molecule has 0 aliphatic rings. The highest BCUT2D eigenvalue weighted by Crippen LogP contribution is 2.29. The third kappa shape index (κ3) is 5.79. The summed E-state index contributed by atoms with van der Waals surface area (Å²) >= 11 is 6.24. The van der Waals surface area contributed by atoms with Gasteiger partial charge in [-0.15, -0.1) is 11.3 Å². The Hall–Kier alpha value is -1.90. The molecule has 140 valence electrons. The van der Waals surface area contributed by atoms with Crippen molar-refractivity contribution in [3.63, 3.8) is 0 Å². The number of para-hydroxylation sites is 1. The molecule has 0 saturated heterocycles. The summed E-state index contributed by atoms with van der Waals surface area (Å²) in [7, 11) is 1.69. The lowest BCUT2D eigenvalue weighted by Gasteiger charge is -2.17. The van der Waals surface area contributed by atoms with Crippen molar-refractivity contribution in [1.29, 1.82) is 0 Å². The second kappa shape index (κ2) is 9.34. The SMILES string of the molecule is CN(Cc1ccc(Br)cc1)C(=O)COC(=O)CSc1nc2ccccc2s1. The number of benzene rings is 2. The summed E-state index contributed by atoms with van der Waals surface area (Å²) in [6, 6.07) is 15.5. The molecule has 0 aliphatic heterocycles. The molecule has 1 aromatic heterocycles. The molecule has 1 amide bonds. The lowest BCUT2D eigenvalue weighted by molar-refractivity contribution is -0.149. The molecule has 0 atom stereocenters. The molecule has 27 heavy (non-hydrogen) atoms. The highest BCUT2D eigenvalue weighted by Gasteiger charge is 2.14. The smallest absolute Gasteiger partial charge is 0.316 e. The number of esters is 1. The topological polar surface area (TPSA) is 59.5 Å². The summed E-state index contributed by atoms with van der Waals surface area (Å²) in [6.45, 7) is 0.205. The van der Waals surface area contributed by atoms with Crippen molar-refractivity contribution in [2.75, 3.05) is 19.4 Å². The van der Waals surface area contributed by atoms with E-state index in [2.05, 4.69) is 20.9 Å². The molecule has 8 heteroatoms. The quantitative estimate of drug-likeness (QED) is 0.384. The first kappa shape index (κ1) is 19.9. The van der Waals surface area contributed by atoms with E-state index in [0.29, 0.717) is 6.54 Å². The number of hydrogen-bond acceptors (Lipinski definition) is 6. The van der Waals surface area contributed by atoms with Gasteiger partial charge in [0.15, 0.2) is 10.9 Å². The van der Waals surface area contributed by atoms with Crippen LogP contribution in [0.4, 0.5) is 0 Å². The van der Waals surface area contributed by atoms with Crippen LogP contribution in [0.2, 0.25) is 0 Å². The molecule has 0 bridgehead atoms. The first-order valence-corrected chi connectivity index (χ1v) is 10.7. The zero-order valence-electron chi connectivity index (χ0n) is 14.6. The lowest BCUT2D eigenvalue weighted by Crippen LogP contribution is -2.31. The molecule has 0 saturated carbocycles. The molecule has 0 fully saturated rings. The minimum atomic E-state index is -0.426. The molecular weight excluding hydrogens is 448 g/mol. The largest absolute Gasteiger partial charge is 0.455 e. The number of thiazole rings is 1. The number of ether oxygens (including phenoxy) is 1. The summed E-state index contributed by atoms with van der Waals surface area (Å²) in [5.74, 6) is -0.537. The number of carbonyl (C=O) groups is 2. The number of aromatic nitrogens is 1. The van der Waals surface area contributed by atoms with Crippen molar-refractivity contribution in [1.82, 2.24) is 9.88 Å². The lowest BCUT2D eigenvalue weighted by atomic mass is 10.2. The second-order valence-corrected chi connectivity index (χ2v) is 8.94. The van der Waals surface area contributed by atoms with Crippen LogP contribution in [-0.2, 0) is 20.9 Å². The standard InChI is InChI=1S/C19H17BrN2O3S2/c1-22(10-13-6-8-14(20)9-7-13)17(23)11-25-18(24)12-26-19-21-15-4-2-3-5-16(15)27-19/h2-9H,10-12H2,1H3. The minimum Gasteiger partial charge on any atom is -0.455 e. The molecule has 0 spiro atoms. The Morgan fingerprint density at radius 2 is 1.93 bits per heavy atom. The zero-order valence-corrected chi connectivity index (χ0v) is 17.8. The predicted molar refractivity (Wildman–Crippen MR) is 112 cm³/mol. The summed E-state index contributed by atoms with van der Waals surface area (Å²) in [6.07, 6.45) is 0. The van der Waals surface area contributed by atoms with E-state index in [4.69, 9.17) is 4.74 Å². The van der Waals surface area contributed by atoms with Crippen LogP contribution in [0.3, 0.4) is 0 Å². The van der Waals surface area contributed by atoms with Gasteiger partial charge in [-0.25, -0.2) is 4.98 Å². The summed E-state index contributed by atoms with van der Waals surface area (Å²) in [5, 5.41) is 0. The normalized spacial score (nSPS) is 10.7. The molecule has 3 aromatic rings. The maximum atomic E-state index is 12.1. The minimum absolute atomic E-state index is 0.129. The fourth-order valence-electron chi connectivity index (χ4n) is 2.28. The van der Waals surface area contributed by atoms with Crippen molar-refractivity contribution in [2.45, 2.75) is 10.9 Å². The first-order chi connectivity index (χ1) is 13.0. The maximum absolute atomic E-state index is 12.1. The molecule has 0 aliphatic carbocycles. The van der Waals surface area contributed by atoms with Crippen molar-refractivity contribution in [2.24, 2.45) is 0 Å². The number of fused-ring (bicyclic) bond motifs is 1. The van der Waals surface area contributed by atoms with Gasteiger partial charge in [-0.05, 0) is 29.8 Å². The number of rotatable bonds is 7. The molecule has 3 rings (SSSR count). The highest BCUT2D eigenvalue weighted by atomic mass is 79.9. The van der Waals surface area contributed by atoms with Crippen LogP contribution in [0, 0.1) is 0 Å². The first-order valence-electron chi connectivity index (χ1n) is 8.13. The van der Waals surface area contributed by atoms with Crippen LogP contribution in [0.5, 0.6) is 0 Å². The number of hydrogen-bond donors (Lipinski definition) is 0. The molecule has 0 radical (unpaired) electrons. The van der Waals surface area contributed by atoms with E-state index in [1.54, 1.807) is 7.05 Å². The molecule has 0 unspecified atom stereocenters. The zero-order chi connectivity index (χ0) is 19.2. The Balaban J connectivity index is 1.42. The van der Waals surface area contributed by atoms with Gasteiger partial charge >= 0.3 is 5.97 Å². The Morgan fingerprint density at radius 1 is 1.19 bits per heavy atom. The van der Waals surface area contributed by atoms with Crippen LogP contribution < -0.4 is 0 Å². The van der Waals surface area contributed by atoms with Gasteiger partial charge in [-0.3, -0.25) is 9.59 Å². The predicted octanol–water partition coefficient (Wildman–Crippen LogP) is 4.35. The van der Waals surface area contributed by atoms with E-state index < -0.39 is 5.97 Å². The van der Waals surface area contributed by atoms with E-state index in [1.807, 2.05) is 48.5 Å². The van der Waals surface area contributed by atoms with Crippen LogP contribution in [-0.4, -0.2) is 41.2 Å². The Labute approximate surface area is 173 Å². The van der Waals surface area contributed by atoms with Crippen molar-refractivity contribution in [3.8, 4) is 0 Å². The van der Waals surface area contributed by atoms with Gasteiger partial charge in [-0.1, -0.05) is 52.0 Å². The van der Waals surface area contributed by atoms with Gasteiger partial charge in [0.25, 0.3) is 5.91 Å². The van der Waals surface area contributed by atoms with Gasteiger partial charge in [-0.2, -0.15) is 0 Å². The molecule has 2 aromatic carbocycles. The van der Waals surface area contributed by atoms with Crippen molar-refractivity contribution in [3.05, 3.63) is 58.6 Å². The third-order valence-corrected chi connectivity index (χ3v) is 6.38. The highest BCUT2D eigenvalue weighted by molar-refractivity contribution is 9.10. The number of likely N-dealkylation sites (N-methyl/N-ethyl adjacent to an activating group) is 1. The van der Waals surface area contributed by atoms with Crippen molar-refractivity contribution < 1.29 is 14.3 Å². The van der Waals surface area contributed by atoms with E-state index in [1.165, 1.54) is 28.0 Å². The summed E-state index contributed by atoms with van der Waals surface area (Å²) in [5.41, 5.74) is 1.93. The third-order valence-electron chi connectivity index (χ3n) is 3.70. The summed E-state index contributed by atoms with van der Waals surface area (Å²) in [4.78, 5) is 30.0. The number of amides is 1. The summed E-state index contributed by atoms with van der Waals surface area (Å²) < 4.78 is 7.98. The van der Waals surface area contributed by atoms with Gasteiger partial charge in [0, 0.05) is 18.1 Å².